The van der Waals surface area contributed by atoms with Gasteiger partial charge in [-0.15, -0.1) is 11.3 Å². The molecule has 2 aromatic heterocycles. The fourth-order valence-electron chi connectivity index (χ4n) is 1.53. The highest BCUT2D eigenvalue weighted by molar-refractivity contribution is 7.10. The average molecular weight is 293 g/mol. The average Bonchev–Trinajstić information content (AvgIpc) is 3.06. The van der Waals surface area contributed by atoms with E-state index in [1.165, 1.54) is 17.4 Å². The van der Waals surface area contributed by atoms with Crippen LogP contribution in [0.1, 0.15) is 17.4 Å². The Morgan fingerprint density at radius 1 is 1.47 bits per heavy atom. The molecule has 0 aliphatic rings. The third kappa shape index (κ3) is 4.02. The Morgan fingerprint density at radius 3 is 2.95 bits per heavy atom. The van der Waals surface area contributed by atoms with Gasteiger partial charge in [0.1, 0.15) is 5.60 Å². The van der Waals surface area contributed by atoms with Crippen LogP contribution in [0.25, 0.3) is 6.08 Å². The third-order valence-corrected chi connectivity index (χ3v) is 4.45. The van der Waals surface area contributed by atoms with E-state index in [1.807, 2.05) is 34.3 Å². The summed E-state index contributed by atoms with van der Waals surface area (Å²) in [5.41, 5.74) is -0.0229. The molecular weight excluding hydrogens is 278 g/mol. The Labute approximate surface area is 120 Å². The molecule has 2 N–H and O–H groups in total. The molecule has 2 heterocycles. The number of hydrogen-bond acceptors (Lipinski definition) is 4. The molecule has 3 nitrogen and oxygen atoms in total. The number of aliphatic hydroxyl groups is 1. The van der Waals surface area contributed by atoms with Crippen molar-refractivity contribution >= 4 is 34.7 Å². The lowest BCUT2D eigenvalue weighted by atomic mass is 10.1. The second kappa shape index (κ2) is 6.14. The molecule has 0 bridgehead atoms. The molecule has 5 heteroatoms. The summed E-state index contributed by atoms with van der Waals surface area (Å²) in [5.74, 6) is -0.206. The first kappa shape index (κ1) is 14.0. The van der Waals surface area contributed by atoms with Crippen molar-refractivity contribution in [3.63, 3.8) is 0 Å². The van der Waals surface area contributed by atoms with Crippen LogP contribution in [0.2, 0.25) is 0 Å². The maximum atomic E-state index is 11.7. The van der Waals surface area contributed by atoms with Crippen LogP contribution in [0, 0.1) is 0 Å². The molecule has 0 saturated carbocycles. The van der Waals surface area contributed by atoms with Crippen LogP contribution in [-0.2, 0) is 10.4 Å². The lowest BCUT2D eigenvalue weighted by Crippen LogP contribution is -2.37. The highest BCUT2D eigenvalue weighted by atomic mass is 32.1. The van der Waals surface area contributed by atoms with Crippen LogP contribution in [0.5, 0.6) is 0 Å². The van der Waals surface area contributed by atoms with E-state index in [0.29, 0.717) is 0 Å². The number of amides is 1. The summed E-state index contributed by atoms with van der Waals surface area (Å²) in [4.78, 5) is 12.5. The van der Waals surface area contributed by atoms with E-state index >= 15 is 0 Å². The Hall–Kier alpha value is -1.43. The van der Waals surface area contributed by atoms with Crippen molar-refractivity contribution in [1.29, 1.82) is 0 Å². The summed E-state index contributed by atoms with van der Waals surface area (Å²) in [6, 6.07) is 5.68. The molecule has 2 aromatic rings. The molecule has 0 unspecified atom stereocenters. The van der Waals surface area contributed by atoms with E-state index in [2.05, 4.69) is 5.32 Å². The summed E-state index contributed by atoms with van der Waals surface area (Å²) in [5, 5.41) is 18.8. The van der Waals surface area contributed by atoms with Crippen LogP contribution < -0.4 is 5.32 Å². The predicted octanol–water partition coefficient (Wildman–Crippen LogP) is 2.85. The minimum absolute atomic E-state index is 0.195. The third-order valence-electron chi connectivity index (χ3n) is 2.63. The van der Waals surface area contributed by atoms with E-state index in [1.54, 1.807) is 24.3 Å². The molecule has 0 fully saturated rings. The summed E-state index contributed by atoms with van der Waals surface area (Å²) in [6.07, 6.45) is 3.23. The number of nitrogens with one attached hydrogen (secondary N) is 1. The van der Waals surface area contributed by atoms with Gasteiger partial charge in [0.25, 0.3) is 0 Å². The van der Waals surface area contributed by atoms with Gasteiger partial charge in [-0.25, -0.2) is 0 Å². The van der Waals surface area contributed by atoms with Crippen molar-refractivity contribution in [1.82, 2.24) is 5.32 Å². The second-order valence-corrected chi connectivity index (χ2v) is 6.09. The van der Waals surface area contributed by atoms with Gasteiger partial charge >= 0.3 is 0 Å². The maximum Gasteiger partial charge on any atom is 0.244 e. The van der Waals surface area contributed by atoms with Gasteiger partial charge in [-0.05, 0) is 46.8 Å². The second-order valence-electron chi connectivity index (χ2n) is 4.36. The van der Waals surface area contributed by atoms with Gasteiger partial charge in [0.2, 0.25) is 5.91 Å². The van der Waals surface area contributed by atoms with Gasteiger partial charge in [-0.3, -0.25) is 4.79 Å². The first-order valence-electron chi connectivity index (χ1n) is 5.82. The van der Waals surface area contributed by atoms with Crippen molar-refractivity contribution < 1.29 is 9.90 Å². The molecule has 0 spiro atoms. The predicted molar refractivity (Wildman–Crippen MR) is 80.3 cm³/mol. The summed E-state index contributed by atoms with van der Waals surface area (Å²) < 4.78 is 0. The van der Waals surface area contributed by atoms with Crippen LogP contribution in [0.4, 0.5) is 0 Å². The molecule has 0 aliphatic carbocycles. The van der Waals surface area contributed by atoms with Crippen LogP contribution >= 0.6 is 22.7 Å². The van der Waals surface area contributed by atoms with E-state index in [9.17, 15) is 9.90 Å². The first-order valence-corrected chi connectivity index (χ1v) is 7.65. The van der Waals surface area contributed by atoms with Crippen LogP contribution in [0.15, 0.2) is 40.4 Å². The van der Waals surface area contributed by atoms with Gasteiger partial charge in [-0.2, -0.15) is 11.3 Å². The molecule has 1 atom stereocenters. The Morgan fingerprint density at radius 2 is 2.32 bits per heavy atom. The SMILES string of the molecule is C[C@](O)(CNC(=O)/C=C\c1ccsc1)c1cccs1. The zero-order chi connectivity index (χ0) is 13.7. The first-order chi connectivity index (χ1) is 9.08. The molecule has 0 aliphatic heterocycles. The van der Waals surface area contributed by atoms with Crippen molar-refractivity contribution in [2.45, 2.75) is 12.5 Å². The number of thiophene rings is 2. The molecule has 0 saturated heterocycles. The largest absolute Gasteiger partial charge is 0.383 e. The fourth-order valence-corrected chi connectivity index (χ4v) is 2.95. The zero-order valence-electron chi connectivity index (χ0n) is 10.5. The number of rotatable bonds is 5. The lowest BCUT2D eigenvalue weighted by Gasteiger charge is -2.21. The monoisotopic (exact) mass is 293 g/mol. The maximum absolute atomic E-state index is 11.7. The normalized spacial score (nSPS) is 14.4. The molecule has 0 radical (unpaired) electrons. The van der Waals surface area contributed by atoms with E-state index in [4.69, 9.17) is 0 Å². The van der Waals surface area contributed by atoms with Gasteiger partial charge < -0.3 is 10.4 Å². The van der Waals surface area contributed by atoms with Gasteiger partial charge in [-0.1, -0.05) is 6.07 Å². The fraction of sp³-hybridized carbons (Fsp3) is 0.214. The highest BCUT2D eigenvalue weighted by Crippen LogP contribution is 2.24. The van der Waals surface area contributed by atoms with Crippen molar-refractivity contribution in [2.75, 3.05) is 6.54 Å². The Kier molecular flexibility index (Phi) is 4.52. The Bertz CT molecular complexity index is 542. The highest BCUT2D eigenvalue weighted by Gasteiger charge is 2.24. The molecule has 19 heavy (non-hydrogen) atoms. The van der Waals surface area contributed by atoms with E-state index in [-0.39, 0.29) is 12.5 Å². The molecule has 0 aromatic carbocycles. The van der Waals surface area contributed by atoms with E-state index < -0.39 is 5.60 Å². The molecule has 2 rings (SSSR count). The number of carbonyl (C=O) groups is 1. The van der Waals surface area contributed by atoms with Crippen LogP contribution in [0.3, 0.4) is 0 Å². The molecule has 1 amide bonds. The van der Waals surface area contributed by atoms with Gasteiger partial charge in [0.05, 0.1) is 6.54 Å². The van der Waals surface area contributed by atoms with Gasteiger partial charge in [0, 0.05) is 11.0 Å². The van der Waals surface area contributed by atoms with Crippen LogP contribution in [-0.4, -0.2) is 17.6 Å². The summed E-state index contributed by atoms with van der Waals surface area (Å²) in [7, 11) is 0. The quantitative estimate of drug-likeness (QED) is 0.833. The number of hydrogen-bond donors (Lipinski definition) is 2. The standard InChI is InChI=1S/C14H15NO2S2/c1-14(17,12-3-2-7-19-12)10-15-13(16)5-4-11-6-8-18-9-11/h2-9,17H,10H2,1H3,(H,15,16)/b5-4-/t14-/m0/s1. The summed E-state index contributed by atoms with van der Waals surface area (Å²) in [6.45, 7) is 1.89. The lowest BCUT2D eigenvalue weighted by molar-refractivity contribution is -0.117. The van der Waals surface area contributed by atoms with Crippen molar-refractivity contribution in [2.24, 2.45) is 0 Å². The minimum Gasteiger partial charge on any atom is -0.383 e. The number of carbonyl (C=O) groups excluding carboxylic acids is 1. The van der Waals surface area contributed by atoms with Crippen molar-refractivity contribution in [3.8, 4) is 0 Å². The summed E-state index contributed by atoms with van der Waals surface area (Å²) >= 11 is 3.06. The van der Waals surface area contributed by atoms with Crippen molar-refractivity contribution in [3.05, 3.63) is 50.9 Å². The van der Waals surface area contributed by atoms with Gasteiger partial charge in [0.15, 0.2) is 0 Å². The van der Waals surface area contributed by atoms with E-state index in [0.717, 1.165) is 10.4 Å². The topological polar surface area (TPSA) is 49.3 Å². The Balaban J connectivity index is 1.87. The molecular formula is C14H15NO2S2. The smallest absolute Gasteiger partial charge is 0.244 e. The minimum atomic E-state index is -1.03. The zero-order valence-corrected chi connectivity index (χ0v) is 12.1. The molecule has 100 valence electrons.